The minimum atomic E-state index is -0.327. The number of rotatable bonds is 6. The Hall–Kier alpha value is -2.69. The Labute approximate surface area is 178 Å². The molecule has 4 rings (SSSR count). The van der Waals surface area contributed by atoms with Gasteiger partial charge in [-0.05, 0) is 33.9 Å². The number of hydrogen-bond donors (Lipinski definition) is 3. The Morgan fingerprint density at radius 2 is 1.70 bits per heavy atom. The second-order valence-corrected chi connectivity index (χ2v) is 8.60. The third kappa shape index (κ3) is 4.11. The van der Waals surface area contributed by atoms with E-state index in [0.717, 1.165) is 16.5 Å². The van der Waals surface area contributed by atoms with Crippen molar-refractivity contribution in [2.24, 2.45) is 17.8 Å². The van der Waals surface area contributed by atoms with Crippen LogP contribution in [0.4, 0.5) is 0 Å². The second-order valence-electron chi connectivity index (χ2n) is 8.60. The van der Waals surface area contributed by atoms with E-state index in [4.69, 9.17) is 0 Å². The molecule has 1 saturated heterocycles. The highest BCUT2D eigenvalue weighted by atomic mass is 16.3. The van der Waals surface area contributed by atoms with E-state index < -0.39 is 0 Å². The Bertz CT molecular complexity index is 1000. The van der Waals surface area contributed by atoms with Gasteiger partial charge in [0.15, 0.2) is 0 Å². The standard InChI is InChI=1S/C26H30N2O2/c1-17(2)24-22(16-29)23(26(30)27-15-18-8-4-3-5-9-18)25(28-24)21-13-12-19-10-6-7-11-20(19)14-21/h3-14,17,22-25,28-29H,15-16H2,1-2H3,(H,27,30)/t22-,23-,24-,25+/m1/s1. The van der Waals surface area contributed by atoms with E-state index in [1.54, 1.807) is 0 Å². The van der Waals surface area contributed by atoms with E-state index in [1.807, 2.05) is 42.5 Å². The van der Waals surface area contributed by atoms with E-state index in [0.29, 0.717) is 12.5 Å². The summed E-state index contributed by atoms with van der Waals surface area (Å²) in [5.41, 5.74) is 2.16. The number of amides is 1. The Morgan fingerprint density at radius 1 is 1.00 bits per heavy atom. The van der Waals surface area contributed by atoms with Gasteiger partial charge in [0, 0.05) is 31.2 Å². The third-order valence-corrected chi connectivity index (χ3v) is 6.33. The van der Waals surface area contributed by atoms with Crippen LogP contribution in [0, 0.1) is 17.8 Å². The number of hydrogen-bond acceptors (Lipinski definition) is 3. The number of benzene rings is 3. The monoisotopic (exact) mass is 402 g/mol. The molecular weight excluding hydrogens is 372 g/mol. The molecule has 0 radical (unpaired) electrons. The number of carbonyl (C=O) groups excluding carboxylic acids is 1. The molecule has 30 heavy (non-hydrogen) atoms. The lowest BCUT2D eigenvalue weighted by Crippen LogP contribution is -2.39. The fraction of sp³-hybridized carbons (Fsp3) is 0.346. The van der Waals surface area contributed by atoms with Crippen molar-refractivity contribution in [3.63, 3.8) is 0 Å². The molecule has 0 spiro atoms. The summed E-state index contributed by atoms with van der Waals surface area (Å²) in [6.07, 6.45) is 0. The van der Waals surface area contributed by atoms with Gasteiger partial charge < -0.3 is 15.7 Å². The lowest BCUT2D eigenvalue weighted by molar-refractivity contribution is -0.127. The molecule has 1 aliphatic rings. The summed E-state index contributed by atoms with van der Waals surface area (Å²) in [4.78, 5) is 13.3. The first-order valence-electron chi connectivity index (χ1n) is 10.8. The zero-order valence-electron chi connectivity index (χ0n) is 17.6. The van der Waals surface area contributed by atoms with Crippen LogP contribution < -0.4 is 10.6 Å². The summed E-state index contributed by atoms with van der Waals surface area (Å²) >= 11 is 0. The minimum absolute atomic E-state index is 0.00767. The number of fused-ring (bicyclic) bond motifs is 1. The van der Waals surface area contributed by atoms with Gasteiger partial charge in [-0.15, -0.1) is 0 Å². The fourth-order valence-corrected chi connectivity index (χ4v) is 4.77. The second kappa shape index (κ2) is 8.99. The number of aliphatic hydroxyl groups is 1. The molecule has 4 nitrogen and oxygen atoms in total. The van der Waals surface area contributed by atoms with Crippen molar-refractivity contribution in [1.29, 1.82) is 0 Å². The molecule has 3 N–H and O–H groups in total. The molecule has 4 atom stereocenters. The largest absolute Gasteiger partial charge is 0.396 e. The van der Waals surface area contributed by atoms with E-state index in [-0.39, 0.29) is 36.4 Å². The first kappa shape index (κ1) is 20.6. The quantitative estimate of drug-likeness (QED) is 0.583. The van der Waals surface area contributed by atoms with Crippen molar-refractivity contribution in [2.45, 2.75) is 32.5 Å². The zero-order chi connectivity index (χ0) is 21.1. The van der Waals surface area contributed by atoms with Crippen molar-refractivity contribution < 1.29 is 9.90 Å². The highest BCUT2D eigenvalue weighted by Gasteiger charge is 2.47. The molecule has 0 aromatic heterocycles. The normalized spacial score (nSPS) is 23.7. The van der Waals surface area contributed by atoms with Crippen LogP contribution in [0.3, 0.4) is 0 Å². The Morgan fingerprint density at radius 3 is 2.40 bits per heavy atom. The zero-order valence-corrected chi connectivity index (χ0v) is 17.6. The summed E-state index contributed by atoms with van der Waals surface area (Å²) < 4.78 is 0. The summed E-state index contributed by atoms with van der Waals surface area (Å²) in [7, 11) is 0. The molecule has 3 aromatic carbocycles. The van der Waals surface area contributed by atoms with Crippen LogP contribution in [-0.2, 0) is 11.3 Å². The molecule has 3 aromatic rings. The molecule has 0 aliphatic carbocycles. The van der Waals surface area contributed by atoms with Crippen LogP contribution in [0.25, 0.3) is 10.8 Å². The first-order chi connectivity index (χ1) is 14.6. The Balaban J connectivity index is 1.64. The van der Waals surface area contributed by atoms with E-state index >= 15 is 0 Å². The van der Waals surface area contributed by atoms with Crippen LogP contribution in [0.2, 0.25) is 0 Å². The molecule has 0 bridgehead atoms. The smallest absolute Gasteiger partial charge is 0.225 e. The van der Waals surface area contributed by atoms with Gasteiger partial charge in [-0.25, -0.2) is 0 Å². The molecule has 1 amide bonds. The Kier molecular flexibility index (Phi) is 6.16. The van der Waals surface area contributed by atoms with Crippen LogP contribution >= 0.6 is 0 Å². The summed E-state index contributed by atoms with van der Waals surface area (Å²) in [5.74, 6) is -0.145. The lowest BCUT2D eigenvalue weighted by atomic mass is 9.81. The van der Waals surface area contributed by atoms with E-state index in [9.17, 15) is 9.90 Å². The number of aliphatic hydroxyl groups excluding tert-OH is 1. The topological polar surface area (TPSA) is 61.4 Å². The third-order valence-electron chi connectivity index (χ3n) is 6.33. The van der Waals surface area contributed by atoms with E-state index in [1.165, 1.54) is 5.39 Å². The molecule has 4 heteroatoms. The summed E-state index contributed by atoms with van der Waals surface area (Å²) in [5, 5.41) is 19.3. The first-order valence-corrected chi connectivity index (χ1v) is 10.8. The molecule has 156 valence electrons. The summed E-state index contributed by atoms with van der Waals surface area (Å²) in [6, 6.07) is 24.5. The molecule has 1 fully saturated rings. The molecule has 0 saturated carbocycles. The lowest BCUT2D eigenvalue weighted by Gasteiger charge is -2.25. The predicted molar refractivity (Wildman–Crippen MR) is 121 cm³/mol. The maximum atomic E-state index is 13.3. The average Bonchev–Trinajstić information content (AvgIpc) is 3.18. The fourth-order valence-electron chi connectivity index (χ4n) is 4.77. The van der Waals surface area contributed by atoms with Gasteiger partial charge in [0.05, 0.1) is 5.92 Å². The summed E-state index contributed by atoms with van der Waals surface area (Å²) in [6.45, 7) is 4.76. The maximum Gasteiger partial charge on any atom is 0.225 e. The van der Waals surface area contributed by atoms with Crippen molar-refractivity contribution in [3.05, 3.63) is 83.9 Å². The van der Waals surface area contributed by atoms with Crippen LogP contribution in [0.15, 0.2) is 72.8 Å². The van der Waals surface area contributed by atoms with Gasteiger partial charge >= 0.3 is 0 Å². The minimum Gasteiger partial charge on any atom is -0.396 e. The van der Waals surface area contributed by atoms with Crippen LogP contribution in [0.1, 0.15) is 31.0 Å². The van der Waals surface area contributed by atoms with Crippen molar-refractivity contribution >= 4 is 16.7 Å². The molecule has 1 heterocycles. The molecule has 0 unspecified atom stereocenters. The molecule has 1 aliphatic heterocycles. The molecular formula is C26H30N2O2. The SMILES string of the molecule is CC(C)[C@H]1N[C@@H](c2ccc3ccccc3c2)[C@H](C(=O)NCc2ccccc2)[C@H]1CO. The average molecular weight is 403 g/mol. The van der Waals surface area contributed by atoms with Gasteiger partial charge in [0.25, 0.3) is 0 Å². The highest BCUT2D eigenvalue weighted by Crippen LogP contribution is 2.40. The van der Waals surface area contributed by atoms with E-state index in [2.05, 4.69) is 54.8 Å². The highest BCUT2D eigenvalue weighted by molar-refractivity contribution is 5.84. The van der Waals surface area contributed by atoms with Crippen molar-refractivity contribution in [2.75, 3.05) is 6.61 Å². The predicted octanol–water partition coefficient (Wildman–Crippen LogP) is 4.05. The van der Waals surface area contributed by atoms with Crippen molar-refractivity contribution in [3.8, 4) is 0 Å². The van der Waals surface area contributed by atoms with Crippen LogP contribution in [-0.4, -0.2) is 23.7 Å². The van der Waals surface area contributed by atoms with Gasteiger partial charge in [0.1, 0.15) is 0 Å². The van der Waals surface area contributed by atoms with Gasteiger partial charge in [-0.1, -0.05) is 80.6 Å². The number of carbonyl (C=O) groups is 1. The van der Waals surface area contributed by atoms with Gasteiger partial charge in [-0.3, -0.25) is 4.79 Å². The maximum absolute atomic E-state index is 13.3. The van der Waals surface area contributed by atoms with Crippen LogP contribution in [0.5, 0.6) is 0 Å². The van der Waals surface area contributed by atoms with Gasteiger partial charge in [-0.2, -0.15) is 0 Å². The number of nitrogens with one attached hydrogen (secondary N) is 2. The van der Waals surface area contributed by atoms with Crippen molar-refractivity contribution in [1.82, 2.24) is 10.6 Å². The van der Waals surface area contributed by atoms with Gasteiger partial charge in [0.2, 0.25) is 5.91 Å².